The first-order valence-electron chi connectivity index (χ1n) is 3.60. The smallest absolute Gasteiger partial charge is 0.133 e. The highest BCUT2D eigenvalue weighted by Crippen LogP contribution is 2.50. The van der Waals surface area contributed by atoms with Crippen LogP contribution in [0.3, 0.4) is 0 Å². The van der Waals surface area contributed by atoms with Gasteiger partial charge in [-0.3, -0.25) is 4.79 Å². The van der Waals surface area contributed by atoms with Gasteiger partial charge in [-0.15, -0.1) is 0 Å². The van der Waals surface area contributed by atoms with Crippen molar-refractivity contribution in [2.45, 2.75) is 31.1 Å². The fraction of sp³-hybridized carbons (Fsp3) is 0.875. The van der Waals surface area contributed by atoms with Gasteiger partial charge < -0.3 is 0 Å². The molecule has 1 nitrogen and oxygen atoms in total. The van der Waals surface area contributed by atoms with Crippen LogP contribution >= 0.6 is 22.6 Å². The topological polar surface area (TPSA) is 17.1 Å². The van der Waals surface area contributed by atoms with Gasteiger partial charge in [0, 0.05) is 9.84 Å². The van der Waals surface area contributed by atoms with E-state index in [0.29, 0.717) is 15.6 Å². The molecule has 0 heterocycles. The third-order valence-electron chi connectivity index (χ3n) is 2.64. The van der Waals surface area contributed by atoms with Crippen LogP contribution in [0, 0.1) is 11.3 Å². The SMILES string of the molecule is CC(=O)[C@H]1CC(I)C1(C)C. The highest BCUT2D eigenvalue weighted by atomic mass is 127. The van der Waals surface area contributed by atoms with E-state index in [1.807, 2.05) is 0 Å². The lowest BCUT2D eigenvalue weighted by atomic mass is 9.61. The first-order chi connectivity index (χ1) is 4.46. The molecule has 58 valence electrons. The Morgan fingerprint density at radius 3 is 2.20 bits per heavy atom. The molecule has 0 aromatic carbocycles. The van der Waals surface area contributed by atoms with E-state index in [9.17, 15) is 4.79 Å². The Labute approximate surface area is 75.7 Å². The van der Waals surface area contributed by atoms with Crippen molar-refractivity contribution in [3.8, 4) is 0 Å². The standard InChI is InChI=1S/C8H13IO/c1-5(10)6-4-7(9)8(6,2)3/h6-7H,4H2,1-3H3/t6-,7?/m1/s1. The van der Waals surface area contributed by atoms with Gasteiger partial charge in [-0.2, -0.15) is 0 Å². The van der Waals surface area contributed by atoms with Crippen molar-refractivity contribution in [3.05, 3.63) is 0 Å². The quantitative estimate of drug-likeness (QED) is 0.517. The number of Topliss-reactive ketones (excluding diaryl/α,β-unsaturated/α-hetero) is 1. The lowest BCUT2D eigenvalue weighted by molar-refractivity contribution is -0.128. The molecule has 2 heteroatoms. The molecular formula is C8H13IO. The fourth-order valence-corrected chi connectivity index (χ4v) is 2.50. The van der Waals surface area contributed by atoms with Crippen LogP contribution in [0.25, 0.3) is 0 Å². The normalized spacial score (nSPS) is 36.8. The molecule has 2 atom stereocenters. The van der Waals surface area contributed by atoms with Crippen LogP contribution in [0.4, 0.5) is 0 Å². The average Bonchev–Trinajstić information content (AvgIpc) is 1.82. The number of rotatable bonds is 1. The third-order valence-corrected chi connectivity index (χ3v) is 4.75. The zero-order valence-corrected chi connectivity index (χ0v) is 8.81. The molecule has 1 saturated carbocycles. The molecule has 0 bridgehead atoms. The summed E-state index contributed by atoms with van der Waals surface area (Å²) in [4.78, 5) is 11.0. The maximum absolute atomic E-state index is 11.0. The highest BCUT2D eigenvalue weighted by molar-refractivity contribution is 14.1. The molecular weight excluding hydrogens is 239 g/mol. The van der Waals surface area contributed by atoms with Gasteiger partial charge in [0.25, 0.3) is 0 Å². The van der Waals surface area contributed by atoms with Crippen molar-refractivity contribution in [1.29, 1.82) is 0 Å². The fourth-order valence-electron chi connectivity index (χ4n) is 1.56. The lowest BCUT2D eigenvalue weighted by Gasteiger charge is -2.48. The Hall–Kier alpha value is 0.400. The summed E-state index contributed by atoms with van der Waals surface area (Å²) >= 11 is 2.43. The predicted molar refractivity (Wildman–Crippen MR) is 50.4 cm³/mol. The van der Waals surface area contributed by atoms with E-state index in [-0.39, 0.29) is 5.41 Å². The second-order valence-electron chi connectivity index (χ2n) is 3.69. The molecule has 10 heavy (non-hydrogen) atoms. The van der Waals surface area contributed by atoms with E-state index >= 15 is 0 Å². The number of carbonyl (C=O) groups is 1. The van der Waals surface area contributed by atoms with E-state index < -0.39 is 0 Å². The minimum absolute atomic E-state index is 0.256. The maximum atomic E-state index is 11.0. The maximum Gasteiger partial charge on any atom is 0.133 e. The molecule has 1 unspecified atom stereocenters. The van der Waals surface area contributed by atoms with Crippen molar-refractivity contribution in [3.63, 3.8) is 0 Å². The molecule has 0 N–H and O–H groups in total. The van der Waals surface area contributed by atoms with Crippen LogP contribution in [-0.2, 0) is 4.79 Å². The van der Waals surface area contributed by atoms with Crippen LogP contribution in [0.15, 0.2) is 0 Å². The molecule has 0 radical (unpaired) electrons. The van der Waals surface area contributed by atoms with Gasteiger partial charge in [0.2, 0.25) is 0 Å². The number of hydrogen-bond acceptors (Lipinski definition) is 1. The van der Waals surface area contributed by atoms with E-state index in [4.69, 9.17) is 0 Å². The van der Waals surface area contributed by atoms with Gasteiger partial charge >= 0.3 is 0 Å². The zero-order chi connectivity index (χ0) is 7.94. The average molecular weight is 252 g/mol. The third kappa shape index (κ3) is 1.11. The van der Waals surface area contributed by atoms with Crippen molar-refractivity contribution in [2.75, 3.05) is 0 Å². The number of halogens is 1. The number of carbonyl (C=O) groups excluding carboxylic acids is 1. The van der Waals surface area contributed by atoms with Gasteiger partial charge in [0.15, 0.2) is 0 Å². The van der Waals surface area contributed by atoms with Crippen LogP contribution in [-0.4, -0.2) is 9.71 Å². The first kappa shape index (κ1) is 8.50. The monoisotopic (exact) mass is 252 g/mol. The van der Waals surface area contributed by atoms with E-state index in [1.54, 1.807) is 6.92 Å². The van der Waals surface area contributed by atoms with Crippen molar-refractivity contribution >= 4 is 28.4 Å². The summed E-state index contributed by atoms with van der Waals surface area (Å²) in [7, 11) is 0. The largest absolute Gasteiger partial charge is 0.300 e. The summed E-state index contributed by atoms with van der Waals surface area (Å²) < 4.78 is 0.694. The lowest BCUT2D eigenvalue weighted by Crippen LogP contribution is -2.48. The summed E-state index contributed by atoms with van der Waals surface area (Å²) in [6.45, 7) is 6.06. The van der Waals surface area contributed by atoms with Crippen molar-refractivity contribution in [2.24, 2.45) is 11.3 Å². The van der Waals surface area contributed by atoms with Crippen molar-refractivity contribution in [1.82, 2.24) is 0 Å². The molecule has 1 fully saturated rings. The summed E-state index contributed by atoms with van der Waals surface area (Å²) in [5.41, 5.74) is 0.256. The zero-order valence-electron chi connectivity index (χ0n) is 6.65. The molecule has 0 aliphatic heterocycles. The predicted octanol–water partition coefficient (Wildman–Crippen LogP) is 2.43. The number of ketones is 1. The molecule has 0 amide bonds. The van der Waals surface area contributed by atoms with Gasteiger partial charge in [0.05, 0.1) is 0 Å². The Morgan fingerprint density at radius 1 is 1.60 bits per heavy atom. The molecule has 0 aromatic rings. The molecule has 1 aliphatic carbocycles. The van der Waals surface area contributed by atoms with Gasteiger partial charge in [0.1, 0.15) is 5.78 Å². The Morgan fingerprint density at radius 2 is 2.10 bits per heavy atom. The molecule has 1 aliphatic rings. The minimum atomic E-state index is 0.256. The minimum Gasteiger partial charge on any atom is -0.300 e. The second kappa shape index (κ2) is 2.47. The molecule has 1 rings (SSSR count). The summed E-state index contributed by atoms with van der Waals surface area (Å²) in [6.07, 6.45) is 1.09. The Balaban J connectivity index is 2.63. The number of hydrogen-bond donors (Lipinski definition) is 0. The summed E-state index contributed by atoms with van der Waals surface area (Å²) in [5.74, 6) is 0.687. The molecule has 0 aromatic heterocycles. The Kier molecular flexibility index (Phi) is 2.10. The first-order valence-corrected chi connectivity index (χ1v) is 4.85. The van der Waals surface area contributed by atoms with E-state index in [0.717, 1.165) is 6.42 Å². The molecule has 0 spiro atoms. The van der Waals surface area contributed by atoms with Gasteiger partial charge in [-0.1, -0.05) is 36.4 Å². The summed E-state index contributed by atoms with van der Waals surface area (Å²) in [6, 6.07) is 0. The molecule has 0 saturated heterocycles. The Bertz CT molecular complexity index is 163. The number of alkyl halides is 1. The van der Waals surface area contributed by atoms with Gasteiger partial charge in [-0.05, 0) is 18.8 Å². The van der Waals surface area contributed by atoms with Crippen LogP contribution in [0.2, 0.25) is 0 Å². The van der Waals surface area contributed by atoms with Crippen molar-refractivity contribution < 1.29 is 4.79 Å². The van der Waals surface area contributed by atoms with E-state index in [2.05, 4.69) is 36.4 Å². The highest BCUT2D eigenvalue weighted by Gasteiger charge is 2.48. The van der Waals surface area contributed by atoms with E-state index in [1.165, 1.54) is 0 Å². The summed E-state index contributed by atoms with van der Waals surface area (Å²) in [5, 5.41) is 0. The van der Waals surface area contributed by atoms with Gasteiger partial charge in [-0.25, -0.2) is 0 Å². The van der Waals surface area contributed by atoms with Crippen LogP contribution < -0.4 is 0 Å². The van der Waals surface area contributed by atoms with Crippen LogP contribution in [0.5, 0.6) is 0 Å². The van der Waals surface area contributed by atoms with Crippen LogP contribution in [0.1, 0.15) is 27.2 Å². The second-order valence-corrected chi connectivity index (χ2v) is 5.19.